The van der Waals surface area contributed by atoms with Crippen LogP contribution in [0.15, 0.2) is 36.2 Å². The Morgan fingerprint density at radius 1 is 1.50 bits per heavy atom. The SMILES string of the molecule is CC(NC(=O)Cc1cccnc1)C1=CCCCC1. The summed E-state index contributed by atoms with van der Waals surface area (Å²) in [6, 6.07) is 3.95. The van der Waals surface area contributed by atoms with Crippen molar-refractivity contribution in [2.75, 3.05) is 0 Å². The predicted octanol–water partition coefficient (Wildman–Crippen LogP) is 2.63. The Balaban J connectivity index is 1.85. The van der Waals surface area contributed by atoms with E-state index in [0.29, 0.717) is 6.42 Å². The summed E-state index contributed by atoms with van der Waals surface area (Å²) in [5.41, 5.74) is 2.33. The maximum absolute atomic E-state index is 11.9. The number of hydrogen-bond acceptors (Lipinski definition) is 2. The summed E-state index contributed by atoms with van der Waals surface area (Å²) in [5.74, 6) is 0.0713. The Morgan fingerprint density at radius 2 is 2.39 bits per heavy atom. The minimum atomic E-state index is 0.0713. The molecule has 1 aromatic heterocycles. The molecule has 0 fully saturated rings. The number of amides is 1. The van der Waals surface area contributed by atoms with E-state index in [2.05, 4.69) is 23.3 Å². The van der Waals surface area contributed by atoms with Gasteiger partial charge in [-0.15, -0.1) is 0 Å². The molecule has 1 aromatic rings. The lowest BCUT2D eigenvalue weighted by Crippen LogP contribution is -2.35. The first-order chi connectivity index (χ1) is 8.75. The van der Waals surface area contributed by atoms with Crippen LogP contribution in [0.5, 0.6) is 0 Å². The van der Waals surface area contributed by atoms with E-state index in [4.69, 9.17) is 0 Å². The fraction of sp³-hybridized carbons (Fsp3) is 0.467. The Kier molecular flexibility index (Phi) is 4.51. The minimum absolute atomic E-state index is 0.0713. The monoisotopic (exact) mass is 244 g/mol. The highest BCUT2D eigenvalue weighted by Crippen LogP contribution is 2.20. The molecule has 0 radical (unpaired) electrons. The van der Waals surface area contributed by atoms with Gasteiger partial charge in [-0.25, -0.2) is 0 Å². The molecule has 0 saturated heterocycles. The van der Waals surface area contributed by atoms with Crippen molar-refractivity contribution < 1.29 is 4.79 Å². The molecule has 1 amide bonds. The van der Waals surface area contributed by atoms with Crippen LogP contribution in [0, 0.1) is 0 Å². The van der Waals surface area contributed by atoms with E-state index < -0.39 is 0 Å². The van der Waals surface area contributed by atoms with Gasteiger partial charge >= 0.3 is 0 Å². The van der Waals surface area contributed by atoms with Crippen LogP contribution in [-0.4, -0.2) is 16.9 Å². The van der Waals surface area contributed by atoms with E-state index >= 15 is 0 Å². The zero-order valence-electron chi connectivity index (χ0n) is 10.9. The first kappa shape index (κ1) is 12.8. The number of carbonyl (C=O) groups is 1. The van der Waals surface area contributed by atoms with Crippen molar-refractivity contribution in [3.05, 3.63) is 41.7 Å². The number of nitrogens with zero attached hydrogens (tertiary/aromatic N) is 1. The minimum Gasteiger partial charge on any atom is -0.350 e. The molecule has 0 saturated carbocycles. The van der Waals surface area contributed by atoms with Crippen LogP contribution in [0.3, 0.4) is 0 Å². The van der Waals surface area contributed by atoms with Crippen molar-refractivity contribution in [2.45, 2.75) is 45.1 Å². The molecule has 1 aliphatic rings. The molecule has 2 rings (SSSR count). The molecule has 0 aromatic carbocycles. The largest absolute Gasteiger partial charge is 0.350 e. The summed E-state index contributed by atoms with van der Waals surface area (Å²) >= 11 is 0. The van der Waals surface area contributed by atoms with Gasteiger partial charge < -0.3 is 5.32 Å². The van der Waals surface area contributed by atoms with Gasteiger partial charge in [-0.1, -0.05) is 17.7 Å². The molecule has 0 spiro atoms. The van der Waals surface area contributed by atoms with Gasteiger partial charge in [0.15, 0.2) is 0 Å². The Labute approximate surface area is 108 Å². The van der Waals surface area contributed by atoms with Crippen LogP contribution < -0.4 is 5.32 Å². The summed E-state index contributed by atoms with van der Waals surface area (Å²) in [5, 5.41) is 3.06. The van der Waals surface area contributed by atoms with Crippen molar-refractivity contribution in [1.29, 1.82) is 0 Å². The van der Waals surface area contributed by atoms with Crippen molar-refractivity contribution in [3.8, 4) is 0 Å². The number of carbonyl (C=O) groups excluding carboxylic acids is 1. The molecule has 1 atom stereocenters. The van der Waals surface area contributed by atoms with Crippen LogP contribution >= 0.6 is 0 Å². The average molecular weight is 244 g/mol. The molecule has 1 unspecified atom stereocenters. The Morgan fingerprint density at radius 3 is 3.06 bits per heavy atom. The van der Waals surface area contributed by atoms with Gasteiger partial charge in [-0.3, -0.25) is 9.78 Å². The first-order valence-electron chi connectivity index (χ1n) is 6.63. The number of nitrogens with one attached hydrogen (secondary N) is 1. The molecule has 1 heterocycles. The lowest BCUT2D eigenvalue weighted by molar-refractivity contribution is -0.120. The molecule has 3 nitrogen and oxygen atoms in total. The van der Waals surface area contributed by atoms with E-state index in [1.807, 2.05) is 12.1 Å². The maximum Gasteiger partial charge on any atom is 0.224 e. The van der Waals surface area contributed by atoms with Crippen molar-refractivity contribution >= 4 is 5.91 Å². The Hall–Kier alpha value is -1.64. The number of allylic oxidation sites excluding steroid dienone is 1. The quantitative estimate of drug-likeness (QED) is 0.827. The number of pyridine rings is 1. The second-order valence-corrected chi connectivity index (χ2v) is 4.85. The van der Waals surface area contributed by atoms with E-state index in [1.165, 1.54) is 18.4 Å². The molecular formula is C15H20N2O. The van der Waals surface area contributed by atoms with Crippen molar-refractivity contribution in [1.82, 2.24) is 10.3 Å². The fourth-order valence-electron chi connectivity index (χ4n) is 2.33. The van der Waals surface area contributed by atoms with Crippen LogP contribution in [0.1, 0.15) is 38.2 Å². The van der Waals surface area contributed by atoms with Crippen LogP contribution in [0.2, 0.25) is 0 Å². The molecule has 3 heteroatoms. The van der Waals surface area contributed by atoms with Gasteiger partial charge in [-0.05, 0) is 44.2 Å². The van der Waals surface area contributed by atoms with Crippen molar-refractivity contribution in [2.24, 2.45) is 0 Å². The van der Waals surface area contributed by atoms with Crippen molar-refractivity contribution in [3.63, 3.8) is 0 Å². The van der Waals surface area contributed by atoms with Gasteiger partial charge in [0.1, 0.15) is 0 Å². The van der Waals surface area contributed by atoms with Gasteiger partial charge in [0.2, 0.25) is 5.91 Å². The van der Waals surface area contributed by atoms with E-state index in [9.17, 15) is 4.79 Å². The number of rotatable bonds is 4. The van der Waals surface area contributed by atoms with E-state index in [-0.39, 0.29) is 11.9 Å². The summed E-state index contributed by atoms with van der Waals surface area (Å²) in [4.78, 5) is 15.9. The maximum atomic E-state index is 11.9. The normalized spacial score (nSPS) is 16.8. The average Bonchev–Trinajstić information content (AvgIpc) is 2.40. The highest BCUT2D eigenvalue weighted by Gasteiger charge is 2.14. The molecule has 1 aliphatic carbocycles. The number of aromatic nitrogens is 1. The Bertz CT molecular complexity index is 425. The van der Waals surface area contributed by atoms with Crippen LogP contribution in [-0.2, 0) is 11.2 Å². The molecule has 1 N–H and O–H groups in total. The molecular weight excluding hydrogens is 224 g/mol. The summed E-state index contributed by atoms with van der Waals surface area (Å²) < 4.78 is 0. The van der Waals surface area contributed by atoms with E-state index in [1.54, 1.807) is 12.4 Å². The summed E-state index contributed by atoms with van der Waals surface area (Å²) in [7, 11) is 0. The molecule has 0 aliphatic heterocycles. The van der Waals surface area contributed by atoms with Crippen LogP contribution in [0.4, 0.5) is 0 Å². The number of hydrogen-bond donors (Lipinski definition) is 1. The molecule has 96 valence electrons. The van der Waals surface area contributed by atoms with Gasteiger partial charge in [0.05, 0.1) is 6.42 Å². The standard InChI is InChI=1S/C15H20N2O/c1-12(14-7-3-2-4-8-14)17-15(18)10-13-6-5-9-16-11-13/h5-7,9,11-12H,2-4,8,10H2,1H3,(H,17,18). The highest BCUT2D eigenvalue weighted by molar-refractivity contribution is 5.79. The third kappa shape index (κ3) is 3.69. The van der Waals surface area contributed by atoms with Crippen LogP contribution in [0.25, 0.3) is 0 Å². The zero-order chi connectivity index (χ0) is 12.8. The zero-order valence-corrected chi connectivity index (χ0v) is 10.9. The van der Waals surface area contributed by atoms with Gasteiger partial charge in [0, 0.05) is 18.4 Å². The van der Waals surface area contributed by atoms with Gasteiger partial charge in [0.25, 0.3) is 0 Å². The fourth-order valence-corrected chi connectivity index (χ4v) is 2.33. The third-order valence-corrected chi connectivity index (χ3v) is 3.35. The first-order valence-corrected chi connectivity index (χ1v) is 6.63. The second-order valence-electron chi connectivity index (χ2n) is 4.85. The van der Waals surface area contributed by atoms with E-state index in [0.717, 1.165) is 18.4 Å². The van der Waals surface area contributed by atoms with Gasteiger partial charge in [-0.2, -0.15) is 0 Å². The smallest absolute Gasteiger partial charge is 0.224 e. The predicted molar refractivity (Wildman–Crippen MR) is 72.1 cm³/mol. The summed E-state index contributed by atoms with van der Waals surface area (Å²) in [6.07, 6.45) is 10.9. The third-order valence-electron chi connectivity index (χ3n) is 3.35. The second kappa shape index (κ2) is 6.34. The lowest BCUT2D eigenvalue weighted by atomic mass is 9.94. The topological polar surface area (TPSA) is 42.0 Å². The molecule has 18 heavy (non-hydrogen) atoms. The molecule has 0 bridgehead atoms. The summed E-state index contributed by atoms with van der Waals surface area (Å²) in [6.45, 7) is 2.07. The highest BCUT2D eigenvalue weighted by atomic mass is 16.1. The lowest BCUT2D eigenvalue weighted by Gasteiger charge is -2.20.